The molecule has 2 aromatic rings. The SMILES string of the molecule is N#Cc1cccc(-n2c(=O)c(C(N)=O)cn(CC3CCC(C#N)CC3)c2=O)c1. The molecule has 1 aliphatic rings. The maximum absolute atomic E-state index is 13.0. The summed E-state index contributed by atoms with van der Waals surface area (Å²) in [5, 5.41) is 18.1. The molecule has 1 amide bonds. The van der Waals surface area contributed by atoms with Gasteiger partial charge >= 0.3 is 5.69 Å². The molecule has 0 atom stereocenters. The van der Waals surface area contributed by atoms with E-state index < -0.39 is 17.2 Å². The maximum Gasteiger partial charge on any atom is 0.335 e. The molecule has 8 heteroatoms. The molecule has 1 heterocycles. The third kappa shape index (κ3) is 3.72. The topological polar surface area (TPSA) is 135 Å². The van der Waals surface area contributed by atoms with Gasteiger partial charge in [-0.2, -0.15) is 10.5 Å². The van der Waals surface area contributed by atoms with Crippen molar-refractivity contribution in [2.24, 2.45) is 17.6 Å². The van der Waals surface area contributed by atoms with E-state index in [4.69, 9.17) is 16.3 Å². The van der Waals surface area contributed by atoms with E-state index in [1.165, 1.54) is 22.9 Å². The van der Waals surface area contributed by atoms with Crippen LogP contribution in [-0.4, -0.2) is 15.0 Å². The van der Waals surface area contributed by atoms with E-state index in [1.54, 1.807) is 12.1 Å². The van der Waals surface area contributed by atoms with Crippen molar-refractivity contribution in [3.8, 4) is 17.8 Å². The van der Waals surface area contributed by atoms with Gasteiger partial charge in [-0.25, -0.2) is 9.36 Å². The Morgan fingerprint density at radius 2 is 1.89 bits per heavy atom. The highest BCUT2D eigenvalue weighted by Crippen LogP contribution is 2.29. The first-order valence-corrected chi connectivity index (χ1v) is 9.01. The highest BCUT2D eigenvalue weighted by Gasteiger charge is 2.23. The number of carbonyl (C=O) groups is 1. The van der Waals surface area contributed by atoms with Crippen molar-refractivity contribution in [3.63, 3.8) is 0 Å². The van der Waals surface area contributed by atoms with E-state index in [0.29, 0.717) is 6.54 Å². The molecule has 0 unspecified atom stereocenters. The van der Waals surface area contributed by atoms with Gasteiger partial charge in [0.2, 0.25) is 0 Å². The third-order valence-corrected chi connectivity index (χ3v) is 5.14. The van der Waals surface area contributed by atoms with Crippen LogP contribution >= 0.6 is 0 Å². The zero-order valence-electron chi connectivity index (χ0n) is 15.2. The Bertz CT molecular complexity index is 1110. The van der Waals surface area contributed by atoms with Crippen molar-refractivity contribution in [3.05, 3.63) is 62.4 Å². The summed E-state index contributed by atoms with van der Waals surface area (Å²) in [6.07, 6.45) is 4.33. The van der Waals surface area contributed by atoms with Crippen molar-refractivity contribution < 1.29 is 4.79 Å². The second-order valence-corrected chi connectivity index (χ2v) is 6.99. The molecule has 0 spiro atoms. The standard InChI is InChI=1S/C20H19N5O3/c21-9-13-4-6-14(7-5-13)11-24-12-17(18(23)26)19(27)25(20(24)28)16-3-1-2-15(8-16)10-22/h1-3,8,12-14H,4-7,11H2,(H2,23,26). The molecule has 1 saturated carbocycles. The summed E-state index contributed by atoms with van der Waals surface area (Å²) in [5.41, 5.74) is 4.16. The molecule has 0 saturated heterocycles. The molecule has 3 rings (SSSR count). The normalized spacial score (nSPS) is 18.8. The monoisotopic (exact) mass is 377 g/mol. The summed E-state index contributed by atoms with van der Waals surface area (Å²) >= 11 is 0. The van der Waals surface area contributed by atoms with Crippen LogP contribution in [0.5, 0.6) is 0 Å². The van der Waals surface area contributed by atoms with Gasteiger partial charge in [0.25, 0.3) is 11.5 Å². The number of rotatable bonds is 4. The summed E-state index contributed by atoms with van der Waals surface area (Å²) < 4.78 is 2.21. The van der Waals surface area contributed by atoms with Gasteiger partial charge in [0, 0.05) is 18.7 Å². The van der Waals surface area contributed by atoms with Crippen molar-refractivity contribution in [1.29, 1.82) is 10.5 Å². The first kappa shape index (κ1) is 19.1. The smallest absolute Gasteiger partial charge is 0.335 e. The third-order valence-electron chi connectivity index (χ3n) is 5.14. The molecule has 1 aromatic carbocycles. The molecule has 0 aliphatic heterocycles. The molecule has 0 radical (unpaired) electrons. The van der Waals surface area contributed by atoms with Crippen LogP contribution in [-0.2, 0) is 6.54 Å². The number of hydrogen-bond donors (Lipinski definition) is 1. The second kappa shape index (κ2) is 7.93. The van der Waals surface area contributed by atoms with Crippen LogP contribution in [0.1, 0.15) is 41.6 Å². The summed E-state index contributed by atoms with van der Waals surface area (Å²) in [7, 11) is 0. The molecule has 1 aromatic heterocycles. The highest BCUT2D eigenvalue weighted by molar-refractivity contribution is 5.92. The Hall–Kier alpha value is -3.65. The Labute approximate surface area is 161 Å². The predicted octanol–water partition coefficient (Wildman–Crippen LogP) is 1.30. The van der Waals surface area contributed by atoms with Gasteiger partial charge in [0.05, 0.1) is 23.4 Å². The fraction of sp³-hybridized carbons (Fsp3) is 0.350. The number of primary amides is 1. The number of aromatic nitrogens is 2. The fourth-order valence-corrected chi connectivity index (χ4v) is 3.60. The number of nitriles is 2. The van der Waals surface area contributed by atoms with Crippen LogP contribution in [0.4, 0.5) is 0 Å². The van der Waals surface area contributed by atoms with Crippen molar-refractivity contribution in [1.82, 2.24) is 9.13 Å². The molecular formula is C20H19N5O3. The van der Waals surface area contributed by atoms with Crippen molar-refractivity contribution >= 4 is 5.91 Å². The highest BCUT2D eigenvalue weighted by atomic mass is 16.2. The molecular weight excluding hydrogens is 358 g/mol. The lowest BCUT2D eigenvalue weighted by Crippen LogP contribution is -2.43. The van der Waals surface area contributed by atoms with Gasteiger partial charge in [-0.3, -0.25) is 14.2 Å². The first-order valence-electron chi connectivity index (χ1n) is 9.01. The quantitative estimate of drug-likeness (QED) is 0.857. The number of benzene rings is 1. The van der Waals surface area contributed by atoms with Crippen molar-refractivity contribution in [2.75, 3.05) is 0 Å². The molecule has 0 bridgehead atoms. The van der Waals surface area contributed by atoms with Crippen molar-refractivity contribution in [2.45, 2.75) is 32.2 Å². The molecule has 142 valence electrons. The van der Waals surface area contributed by atoms with E-state index in [2.05, 4.69) is 6.07 Å². The molecule has 28 heavy (non-hydrogen) atoms. The Morgan fingerprint density at radius 3 is 2.50 bits per heavy atom. The van der Waals surface area contributed by atoms with Gasteiger partial charge in [-0.1, -0.05) is 6.07 Å². The largest absolute Gasteiger partial charge is 0.365 e. The van der Waals surface area contributed by atoms with Crippen LogP contribution in [0.25, 0.3) is 5.69 Å². The molecule has 1 aliphatic carbocycles. The van der Waals surface area contributed by atoms with Crippen LogP contribution in [0.3, 0.4) is 0 Å². The average molecular weight is 377 g/mol. The van der Waals surface area contributed by atoms with Crippen LogP contribution in [0.15, 0.2) is 40.1 Å². The zero-order chi connectivity index (χ0) is 20.3. The van der Waals surface area contributed by atoms with Gasteiger partial charge in [-0.05, 0) is 49.8 Å². The molecule has 2 N–H and O–H groups in total. The van der Waals surface area contributed by atoms with Crippen LogP contribution in [0, 0.1) is 34.5 Å². The van der Waals surface area contributed by atoms with Gasteiger partial charge in [0.1, 0.15) is 5.56 Å². The van der Waals surface area contributed by atoms with Gasteiger partial charge in [0.15, 0.2) is 0 Å². The molecule has 1 fully saturated rings. The number of hydrogen-bond acceptors (Lipinski definition) is 5. The number of nitrogens with zero attached hydrogens (tertiary/aromatic N) is 4. The lowest BCUT2D eigenvalue weighted by atomic mass is 9.83. The van der Waals surface area contributed by atoms with Crippen LogP contribution in [0.2, 0.25) is 0 Å². The summed E-state index contributed by atoms with van der Waals surface area (Å²) in [6.45, 7) is 0.329. The number of carbonyl (C=O) groups excluding carboxylic acids is 1. The fourth-order valence-electron chi connectivity index (χ4n) is 3.60. The zero-order valence-corrected chi connectivity index (χ0v) is 15.2. The summed E-state index contributed by atoms with van der Waals surface area (Å²) in [6, 6.07) is 10.3. The Morgan fingerprint density at radius 1 is 1.18 bits per heavy atom. The lowest BCUT2D eigenvalue weighted by Gasteiger charge is -2.25. The van der Waals surface area contributed by atoms with E-state index in [1.807, 2.05) is 6.07 Å². The lowest BCUT2D eigenvalue weighted by molar-refractivity contribution is 0.0997. The van der Waals surface area contributed by atoms with E-state index >= 15 is 0 Å². The van der Waals surface area contributed by atoms with Crippen LogP contribution < -0.4 is 17.0 Å². The minimum absolute atomic E-state index is 0.0387. The van der Waals surface area contributed by atoms with E-state index in [0.717, 1.165) is 30.3 Å². The van der Waals surface area contributed by atoms with Gasteiger partial charge in [-0.15, -0.1) is 0 Å². The Balaban J connectivity index is 2.07. The Kier molecular flexibility index (Phi) is 5.42. The maximum atomic E-state index is 13.0. The minimum Gasteiger partial charge on any atom is -0.365 e. The minimum atomic E-state index is -0.919. The number of nitrogens with two attached hydrogens (primary N) is 1. The van der Waals surface area contributed by atoms with E-state index in [-0.39, 0.29) is 28.7 Å². The predicted molar refractivity (Wildman–Crippen MR) is 101 cm³/mol. The average Bonchev–Trinajstić information content (AvgIpc) is 2.70. The first-order chi connectivity index (χ1) is 13.4. The summed E-state index contributed by atoms with van der Waals surface area (Å²) in [4.78, 5) is 37.5. The summed E-state index contributed by atoms with van der Waals surface area (Å²) in [5.74, 6) is -0.714. The second-order valence-electron chi connectivity index (χ2n) is 6.99. The van der Waals surface area contributed by atoms with Gasteiger partial charge < -0.3 is 5.73 Å². The number of amides is 1. The molecule has 8 nitrogen and oxygen atoms in total. The van der Waals surface area contributed by atoms with E-state index in [9.17, 15) is 14.4 Å².